The van der Waals surface area contributed by atoms with Crippen LogP contribution in [0.25, 0.3) is 0 Å². The summed E-state index contributed by atoms with van der Waals surface area (Å²) >= 11 is 0. The van der Waals surface area contributed by atoms with Gasteiger partial charge < -0.3 is 15.0 Å². The molecule has 0 bridgehead atoms. The summed E-state index contributed by atoms with van der Waals surface area (Å²) in [5.41, 5.74) is 3.17. The van der Waals surface area contributed by atoms with Crippen LogP contribution in [0, 0.1) is 23.2 Å². The van der Waals surface area contributed by atoms with Gasteiger partial charge in [-0.15, -0.1) is 0 Å². The highest BCUT2D eigenvalue weighted by Crippen LogP contribution is 2.56. The Morgan fingerprint density at radius 3 is 2.77 bits per heavy atom. The van der Waals surface area contributed by atoms with Gasteiger partial charge in [-0.3, -0.25) is 4.79 Å². The van der Waals surface area contributed by atoms with Gasteiger partial charge in [0.1, 0.15) is 18.6 Å². The number of hydrogen-bond donors (Lipinski definition) is 2. The number of benzene rings is 1. The SMILES string of the molecule is C=C1CCC[C@]2(C)C[C@H]3OC(=O)[C@H](C[NH2+]C4CC[NH+](Cc5ccccc5)CC4)[C@H]3C[C@@H]12. The third kappa shape index (κ3) is 4.34. The van der Waals surface area contributed by atoms with E-state index in [1.165, 1.54) is 56.3 Å². The van der Waals surface area contributed by atoms with Gasteiger partial charge in [0, 0.05) is 24.3 Å². The molecule has 5 atom stereocenters. The van der Waals surface area contributed by atoms with Crippen molar-refractivity contribution in [1.82, 2.24) is 0 Å². The maximum atomic E-state index is 12.8. The number of allylic oxidation sites excluding steroid dienone is 1. The van der Waals surface area contributed by atoms with E-state index in [0.717, 1.165) is 25.9 Å². The van der Waals surface area contributed by atoms with Crippen LogP contribution >= 0.6 is 0 Å². The van der Waals surface area contributed by atoms with Crippen molar-refractivity contribution in [3.05, 3.63) is 48.0 Å². The molecule has 0 amide bonds. The maximum absolute atomic E-state index is 12.8. The number of ether oxygens (including phenoxy) is 1. The zero-order valence-electron chi connectivity index (χ0n) is 19.2. The maximum Gasteiger partial charge on any atom is 0.315 e. The smallest absolute Gasteiger partial charge is 0.315 e. The van der Waals surface area contributed by atoms with Crippen molar-refractivity contribution in [3.8, 4) is 0 Å². The van der Waals surface area contributed by atoms with Gasteiger partial charge in [0.05, 0.1) is 25.7 Å². The molecule has 4 fully saturated rings. The van der Waals surface area contributed by atoms with E-state index in [0.29, 0.717) is 23.3 Å². The van der Waals surface area contributed by atoms with Gasteiger partial charge in [-0.25, -0.2) is 0 Å². The van der Waals surface area contributed by atoms with Crippen molar-refractivity contribution in [2.24, 2.45) is 23.2 Å². The number of likely N-dealkylation sites (tertiary alicyclic amines) is 1. The summed E-state index contributed by atoms with van der Waals surface area (Å²) in [6, 6.07) is 11.5. The minimum absolute atomic E-state index is 0.0752. The van der Waals surface area contributed by atoms with Crippen LogP contribution in [0.5, 0.6) is 0 Å². The lowest BCUT2D eigenvalue weighted by Gasteiger charge is -2.49. The topological polar surface area (TPSA) is 47.3 Å². The molecule has 4 aliphatic rings. The molecule has 1 aromatic carbocycles. The summed E-state index contributed by atoms with van der Waals surface area (Å²) < 4.78 is 5.96. The zero-order chi connectivity index (χ0) is 21.4. The summed E-state index contributed by atoms with van der Waals surface area (Å²) in [4.78, 5) is 14.5. The summed E-state index contributed by atoms with van der Waals surface area (Å²) in [7, 11) is 0. The molecule has 4 heteroatoms. The fourth-order valence-corrected chi connectivity index (χ4v) is 7.21. The number of hydrogen-bond acceptors (Lipinski definition) is 2. The molecule has 5 rings (SSSR count). The molecule has 31 heavy (non-hydrogen) atoms. The lowest BCUT2D eigenvalue weighted by molar-refractivity contribution is -0.926. The fourth-order valence-electron chi connectivity index (χ4n) is 7.21. The molecule has 3 N–H and O–H groups in total. The summed E-state index contributed by atoms with van der Waals surface area (Å²) in [6.07, 6.45) is 8.49. The molecule has 2 saturated carbocycles. The Hall–Kier alpha value is -1.65. The van der Waals surface area contributed by atoms with Gasteiger partial charge in [0.15, 0.2) is 0 Å². The largest absolute Gasteiger partial charge is 0.462 e. The average Bonchev–Trinajstić information content (AvgIpc) is 3.06. The van der Waals surface area contributed by atoms with E-state index in [2.05, 4.69) is 49.2 Å². The lowest BCUT2D eigenvalue weighted by Crippen LogP contribution is -3.13. The van der Waals surface area contributed by atoms with Crippen LogP contribution in [0.15, 0.2) is 42.5 Å². The molecule has 0 radical (unpaired) electrons. The first-order chi connectivity index (χ1) is 15.0. The zero-order valence-corrected chi connectivity index (χ0v) is 19.2. The van der Waals surface area contributed by atoms with Crippen LogP contribution in [0.2, 0.25) is 0 Å². The van der Waals surface area contributed by atoms with Crippen molar-refractivity contribution in [2.45, 2.75) is 70.6 Å². The monoisotopic (exact) mass is 424 g/mol. The van der Waals surface area contributed by atoms with E-state index >= 15 is 0 Å². The minimum Gasteiger partial charge on any atom is -0.462 e. The fraction of sp³-hybridized carbons (Fsp3) is 0.667. The van der Waals surface area contributed by atoms with Gasteiger partial charge in [-0.1, -0.05) is 49.4 Å². The Labute approximate surface area is 187 Å². The molecule has 4 nitrogen and oxygen atoms in total. The van der Waals surface area contributed by atoms with Crippen molar-refractivity contribution in [2.75, 3.05) is 19.6 Å². The molecule has 0 aromatic heterocycles. The van der Waals surface area contributed by atoms with Crippen molar-refractivity contribution >= 4 is 5.97 Å². The molecule has 2 aliphatic heterocycles. The number of carbonyl (C=O) groups is 1. The molecule has 1 aromatic rings. The molecule has 168 valence electrons. The lowest BCUT2D eigenvalue weighted by atomic mass is 9.55. The quantitative estimate of drug-likeness (QED) is 0.562. The van der Waals surface area contributed by atoms with Crippen LogP contribution in [0.4, 0.5) is 0 Å². The third-order valence-corrected chi connectivity index (χ3v) is 9.08. The first kappa shape index (κ1) is 21.2. The molecule has 2 heterocycles. The normalized spacial score (nSPS) is 40.2. The average molecular weight is 425 g/mol. The van der Waals surface area contributed by atoms with E-state index in [9.17, 15) is 4.79 Å². The number of piperidine rings is 1. The van der Waals surface area contributed by atoms with E-state index in [1.807, 2.05) is 0 Å². The van der Waals surface area contributed by atoms with Gasteiger partial charge >= 0.3 is 5.97 Å². The number of quaternary nitrogens is 2. The Morgan fingerprint density at radius 2 is 2.00 bits per heavy atom. The Balaban J connectivity index is 1.13. The number of nitrogens with one attached hydrogen (secondary N) is 1. The van der Waals surface area contributed by atoms with Gasteiger partial charge in [0.2, 0.25) is 0 Å². The minimum atomic E-state index is 0.0752. The predicted molar refractivity (Wildman–Crippen MR) is 121 cm³/mol. The van der Waals surface area contributed by atoms with E-state index < -0.39 is 0 Å². The van der Waals surface area contributed by atoms with E-state index in [1.54, 1.807) is 4.90 Å². The van der Waals surface area contributed by atoms with Crippen LogP contribution < -0.4 is 10.2 Å². The number of fused-ring (bicyclic) bond motifs is 2. The second-order valence-corrected chi connectivity index (χ2v) is 11.1. The molecule has 0 unspecified atom stereocenters. The Morgan fingerprint density at radius 1 is 1.23 bits per heavy atom. The summed E-state index contributed by atoms with van der Waals surface area (Å²) in [6.45, 7) is 11.4. The Bertz CT molecular complexity index is 801. The highest BCUT2D eigenvalue weighted by Gasteiger charge is 2.55. The number of carbonyl (C=O) groups excluding carboxylic acids is 1. The summed E-state index contributed by atoms with van der Waals surface area (Å²) in [5.74, 6) is 1.15. The standard InChI is InChI=1S/C27H38N2O2/c1-19-7-6-12-27(2)16-25-22(15-24(19)27)23(26(30)31-25)17-28-21-10-13-29(14-11-21)18-20-8-4-3-5-9-20/h3-5,8-9,21-25,28H,1,6-7,10-18H2,2H3/p+2/t22-,23-,24+,25-,27-/m1/s1. The van der Waals surface area contributed by atoms with E-state index in [-0.39, 0.29) is 18.0 Å². The second-order valence-electron chi connectivity index (χ2n) is 11.1. The van der Waals surface area contributed by atoms with Crippen molar-refractivity contribution in [1.29, 1.82) is 0 Å². The van der Waals surface area contributed by atoms with Gasteiger partial charge in [0.25, 0.3) is 0 Å². The van der Waals surface area contributed by atoms with Crippen molar-refractivity contribution < 1.29 is 19.7 Å². The van der Waals surface area contributed by atoms with Gasteiger partial charge in [-0.2, -0.15) is 0 Å². The first-order valence-corrected chi connectivity index (χ1v) is 12.6. The highest BCUT2D eigenvalue weighted by molar-refractivity contribution is 5.75. The van der Waals surface area contributed by atoms with E-state index in [4.69, 9.17) is 4.74 Å². The molecular weight excluding hydrogens is 384 g/mol. The Kier molecular flexibility index (Phi) is 5.96. The van der Waals surface area contributed by atoms with Crippen LogP contribution in [0.1, 0.15) is 57.4 Å². The number of rotatable bonds is 5. The van der Waals surface area contributed by atoms with Crippen LogP contribution in [-0.4, -0.2) is 37.7 Å². The third-order valence-electron chi connectivity index (χ3n) is 9.08. The first-order valence-electron chi connectivity index (χ1n) is 12.6. The number of esters is 1. The molecular formula is C27H40N2O2+2. The van der Waals surface area contributed by atoms with Gasteiger partial charge in [-0.05, 0) is 43.4 Å². The number of nitrogens with two attached hydrogens (primary N) is 1. The predicted octanol–water partition coefficient (Wildman–Crippen LogP) is 2.11. The van der Waals surface area contributed by atoms with Crippen LogP contribution in [0.3, 0.4) is 0 Å². The van der Waals surface area contributed by atoms with Crippen molar-refractivity contribution in [3.63, 3.8) is 0 Å². The second kappa shape index (κ2) is 8.71. The highest BCUT2D eigenvalue weighted by atomic mass is 16.6. The summed E-state index contributed by atoms with van der Waals surface area (Å²) in [5, 5.41) is 2.48. The molecule has 2 saturated heterocycles. The molecule has 2 aliphatic carbocycles. The van der Waals surface area contributed by atoms with Crippen LogP contribution in [-0.2, 0) is 16.1 Å². The molecule has 0 spiro atoms.